The van der Waals surface area contributed by atoms with Crippen LogP contribution in [0.2, 0.25) is 0 Å². The average Bonchev–Trinajstić information content (AvgIpc) is 2.48. The van der Waals surface area contributed by atoms with Crippen molar-refractivity contribution in [3.63, 3.8) is 0 Å². The highest BCUT2D eigenvalue weighted by molar-refractivity contribution is 5.63. The third kappa shape index (κ3) is 3.18. The first-order valence-corrected chi connectivity index (χ1v) is 6.12. The number of benzene rings is 2. The molecule has 0 N–H and O–H groups in total. The quantitative estimate of drug-likeness (QED) is 0.686. The third-order valence-electron chi connectivity index (χ3n) is 2.87. The molecule has 0 atom stereocenters. The Labute approximate surface area is 122 Å². The summed E-state index contributed by atoms with van der Waals surface area (Å²) in [6, 6.07) is 13.6. The first kappa shape index (κ1) is 16.2. The molecule has 0 fully saturated rings. The Morgan fingerprint density at radius 1 is 0.727 bits per heavy atom. The van der Waals surface area contributed by atoms with Crippen LogP contribution in [0.15, 0.2) is 54.6 Å². The van der Waals surface area contributed by atoms with Crippen LogP contribution >= 0.6 is 0 Å². The lowest BCUT2D eigenvalue weighted by atomic mass is 10.1. The van der Waals surface area contributed by atoms with Crippen LogP contribution in [-0.4, -0.2) is 18.5 Å². The van der Waals surface area contributed by atoms with Crippen molar-refractivity contribution in [3.8, 4) is 16.9 Å². The highest BCUT2D eigenvalue weighted by Crippen LogP contribution is 2.40. The van der Waals surface area contributed by atoms with Gasteiger partial charge in [-0.3, -0.25) is 0 Å². The first-order chi connectivity index (χ1) is 10.2. The van der Waals surface area contributed by atoms with Gasteiger partial charge in [-0.2, -0.15) is 17.6 Å². The smallest absolute Gasteiger partial charge is 0.428 e. The van der Waals surface area contributed by atoms with Crippen molar-refractivity contribution in [3.05, 3.63) is 54.6 Å². The van der Waals surface area contributed by atoms with Crippen molar-refractivity contribution in [1.82, 2.24) is 0 Å². The molecule has 0 aliphatic heterocycles. The van der Waals surface area contributed by atoms with E-state index in [4.69, 9.17) is 0 Å². The zero-order valence-corrected chi connectivity index (χ0v) is 10.9. The fourth-order valence-electron chi connectivity index (χ4n) is 1.69. The van der Waals surface area contributed by atoms with Gasteiger partial charge in [0.15, 0.2) is 0 Å². The summed E-state index contributed by atoms with van der Waals surface area (Å²) in [6.45, 7) is 0. The summed E-state index contributed by atoms with van der Waals surface area (Å²) in [5, 5.41) is 0. The van der Waals surface area contributed by atoms with Crippen molar-refractivity contribution < 1.29 is 31.1 Å². The maximum atomic E-state index is 13.1. The van der Waals surface area contributed by atoms with E-state index in [0.29, 0.717) is 5.56 Å². The molecule has 0 aliphatic rings. The van der Waals surface area contributed by atoms with Gasteiger partial charge in [0, 0.05) is 0 Å². The molecule has 0 saturated heterocycles. The fourth-order valence-corrected chi connectivity index (χ4v) is 1.69. The van der Waals surface area contributed by atoms with Crippen molar-refractivity contribution in [2.45, 2.75) is 18.5 Å². The Morgan fingerprint density at radius 3 is 1.73 bits per heavy atom. The van der Waals surface area contributed by atoms with Crippen LogP contribution in [0.3, 0.4) is 0 Å². The minimum Gasteiger partial charge on any atom is -0.428 e. The number of alkyl halides is 6. The maximum absolute atomic E-state index is 13.1. The molecule has 0 spiro atoms. The Kier molecular flexibility index (Phi) is 4.35. The van der Waals surface area contributed by atoms with Crippen molar-refractivity contribution in [1.29, 1.82) is 0 Å². The molecule has 118 valence electrons. The lowest BCUT2D eigenvalue weighted by molar-refractivity contribution is -0.342. The first-order valence-electron chi connectivity index (χ1n) is 6.12. The monoisotopic (exact) mass is 320 g/mol. The molecule has 2 aromatic carbocycles. The number of rotatable bonds is 5. The molecule has 2 rings (SSSR count). The standard InChI is InChI=1S/C15H10F6O/c16-13(17)14(18,19)15(20,21)22-12-8-6-11(7-9-12)10-4-2-1-3-5-10/h1-9,13H. The Bertz CT molecular complexity index is 610. The molecular formula is C15H10F6O. The minimum absolute atomic E-state index is 0.634. The van der Waals surface area contributed by atoms with E-state index in [0.717, 1.165) is 17.7 Å². The molecule has 7 heteroatoms. The van der Waals surface area contributed by atoms with Crippen LogP contribution in [0.1, 0.15) is 0 Å². The van der Waals surface area contributed by atoms with Gasteiger partial charge in [-0.05, 0) is 23.3 Å². The molecule has 0 aromatic heterocycles. The van der Waals surface area contributed by atoms with Gasteiger partial charge in [0.1, 0.15) is 5.75 Å². The normalized spacial score (nSPS) is 12.5. The molecule has 0 amide bonds. The molecule has 0 unspecified atom stereocenters. The van der Waals surface area contributed by atoms with Crippen molar-refractivity contribution in [2.75, 3.05) is 0 Å². The molecular weight excluding hydrogens is 310 g/mol. The Morgan fingerprint density at radius 2 is 1.23 bits per heavy atom. The van der Waals surface area contributed by atoms with Gasteiger partial charge in [-0.15, -0.1) is 0 Å². The zero-order valence-electron chi connectivity index (χ0n) is 10.9. The fraction of sp³-hybridized carbons (Fsp3) is 0.200. The Balaban J connectivity index is 2.18. The molecule has 0 bridgehead atoms. The Hall–Kier alpha value is -2.18. The summed E-state index contributed by atoms with van der Waals surface area (Å²) in [5.74, 6) is -6.21. The zero-order chi connectivity index (χ0) is 16.4. The van der Waals surface area contributed by atoms with Gasteiger partial charge >= 0.3 is 18.5 Å². The summed E-state index contributed by atoms with van der Waals surface area (Å²) in [7, 11) is 0. The lowest BCUT2D eigenvalue weighted by Gasteiger charge is -2.25. The summed E-state index contributed by atoms with van der Waals surface area (Å²) in [6.07, 6.45) is -9.85. The molecule has 0 aliphatic carbocycles. The summed E-state index contributed by atoms with van der Waals surface area (Å²) >= 11 is 0. The topological polar surface area (TPSA) is 9.23 Å². The predicted octanol–water partition coefficient (Wildman–Crippen LogP) is 5.23. The van der Waals surface area contributed by atoms with Gasteiger partial charge in [-0.25, -0.2) is 8.78 Å². The van der Waals surface area contributed by atoms with E-state index >= 15 is 0 Å². The highest BCUT2D eigenvalue weighted by atomic mass is 19.3. The second-order valence-electron chi connectivity index (χ2n) is 4.43. The van der Waals surface area contributed by atoms with E-state index in [-0.39, 0.29) is 0 Å². The number of hydrogen-bond acceptors (Lipinski definition) is 1. The molecule has 0 heterocycles. The van der Waals surface area contributed by atoms with Crippen LogP contribution in [-0.2, 0) is 0 Å². The van der Waals surface area contributed by atoms with Crippen LogP contribution in [0, 0.1) is 0 Å². The van der Waals surface area contributed by atoms with Gasteiger partial charge in [-0.1, -0.05) is 42.5 Å². The number of halogens is 6. The van der Waals surface area contributed by atoms with Gasteiger partial charge in [0.2, 0.25) is 0 Å². The minimum atomic E-state index is -5.58. The van der Waals surface area contributed by atoms with Gasteiger partial charge < -0.3 is 4.74 Å². The van der Waals surface area contributed by atoms with Crippen LogP contribution < -0.4 is 4.74 Å². The summed E-state index contributed by atoms with van der Waals surface area (Å²) in [4.78, 5) is 0. The van der Waals surface area contributed by atoms with E-state index in [1.807, 2.05) is 0 Å². The summed E-state index contributed by atoms with van der Waals surface area (Å²) in [5.41, 5.74) is 1.41. The van der Waals surface area contributed by atoms with Gasteiger partial charge in [0.25, 0.3) is 0 Å². The lowest BCUT2D eigenvalue weighted by Crippen LogP contribution is -2.50. The second kappa shape index (κ2) is 5.90. The van der Waals surface area contributed by atoms with E-state index in [1.54, 1.807) is 30.3 Å². The van der Waals surface area contributed by atoms with Crippen LogP contribution in [0.4, 0.5) is 26.3 Å². The maximum Gasteiger partial charge on any atom is 0.470 e. The largest absolute Gasteiger partial charge is 0.470 e. The third-order valence-corrected chi connectivity index (χ3v) is 2.87. The van der Waals surface area contributed by atoms with E-state index in [2.05, 4.69) is 4.74 Å². The predicted molar refractivity (Wildman–Crippen MR) is 68.4 cm³/mol. The number of ether oxygens (including phenoxy) is 1. The second-order valence-corrected chi connectivity index (χ2v) is 4.43. The SMILES string of the molecule is FC(F)C(F)(F)C(F)(F)Oc1ccc(-c2ccccc2)cc1. The van der Waals surface area contributed by atoms with Gasteiger partial charge in [0.05, 0.1) is 0 Å². The van der Waals surface area contributed by atoms with E-state index in [9.17, 15) is 26.3 Å². The van der Waals surface area contributed by atoms with Crippen LogP contribution in [0.5, 0.6) is 5.75 Å². The molecule has 2 aromatic rings. The van der Waals surface area contributed by atoms with Crippen molar-refractivity contribution in [2.24, 2.45) is 0 Å². The van der Waals surface area contributed by atoms with E-state index in [1.165, 1.54) is 12.1 Å². The van der Waals surface area contributed by atoms with E-state index < -0.39 is 24.2 Å². The molecule has 0 radical (unpaired) electrons. The number of hydrogen-bond donors (Lipinski definition) is 0. The molecule has 22 heavy (non-hydrogen) atoms. The van der Waals surface area contributed by atoms with Crippen LogP contribution in [0.25, 0.3) is 11.1 Å². The van der Waals surface area contributed by atoms with Crippen molar-refractivity contribution >= 4 is 0 Å². The average molecular weight is 320 g/mol. The summed E-state index contributed by atoms with van der Waals surface area (Å²) < 4.78 is 79.4. The highest BCUT2D eigenvalue weighted by Gasteiger charge is 2.66. The molecule has 0 saturated carbocycles. The molecule has 1 nitrogen and oxygen atoms in total.